The van der Waals surface area contributed by atoms with Crippen LogP contribution in [-0.4, -0.2) is 42.6 Å². The second-order valence-electron chi connectivity index (χ2n) is 5.52. The Morgan fingerprint density at radius 2 is 2.14 bits per heavy atom. The molecule has 0 saturated carbocycles. The Kier molecular flexibility index (Phi) is 5.53. The summed E-state index contributed by atoms with van der Waals surface area (Å²) in [6.45, 7) is 9.36. The summed E-state index contributed by atoms with van der Waals surface area (Å²) in [6.07, 6.45) is 1.70. The summed E-state index contributed by atoms with van der Waals surface area (Å²) in [4.78, 5) is 14.2. The number of nitrogens with one attached hydrogen (secondary N) is 1. The van der Waals surface area contributed by atoms with Crippen molar-refractivity contribution in [1.82, 2.24) is 10.2 Å². The first-order chi connectivity index (χ1) is 10.1. The summed E-state index contributed by atoms with van der Waals surface area (Å²) in [7, 11) is 0. The lowest BCUT2D eigenvalue weighted by Crippen LogP contribution is -2.54. The number of carbonyl (C=O) groups is 1. The van der Waals surface area contributed by atoms with Crippen molar-refractivity contribution >= 4 is 5.91 Å². The van der Waals surface area contributed by atoms with Crippen molar-refractivity contribution in [3.05, 3.63) is 48.6 Å². The number of nitrogens with zero attached hydrogens (tertiary/aromatic N) is 1. The van der Waals surface area contributed by atoms with Gasteiger partial charge in [0.25, 0.3) is 0 Å². The predicted molar refractivity (Wildman–Crippen MR) is 84.0 cm³/mol. The van der Waals surface area contributed by atoms with Gasteiger partial charge in [0.1, 0.15) is 0 Å². The minimum atomic E-state index is 0.00889. The molecule has 1 aliphatic heterocycles. The van der Waals surface area contributed by atoms with Crippen LogP contribution < -0.4 is 5.32 Å². The van der Waals surface area contributed by atoms with Gasteiger partial charge in [-0.3, -0.25) is 9.69 Å². The highest BCUT2D eigenvalue weighted by Gasteiger charge is 2.34. The van der Waals surface area contributed by atoms with E-state index < -0.39 is 0 Å². The van der Waals surface area contributed by atoms with E-state index in [-0.39, 0.29) is 24.1 Å². The molecule has 1 N–H and O–H groups in total. The van der Waals surface area contributed by atoms with Crippen LogP contribution in [0.2, 0.25) is 0 Å². The van der Waals surface area contributed by atoms with E-state index in [4.69, 9.17) is 4.74 Å². The largest absolute Gasteiger partial charge is 0.370 e. The zero-order chi connectivity index (χ0) is 15.2. The van der Waals surface area contributed by atoms with Crippen LogP contribution in [0.25, 0.3) is 0 Å². The Labute approximate surface area is 126 Å². The fraction of sp³-hybridized carbons (Fsp3) is 0.471. The number of benzene rings is 1. The van der Waals surface area contributed by atoms with Crippen molar-refractivity contribution in [2.75, 3.05) is 19.7 Å². The lowest BCUT2D eigenvalue weighted by molar-refractivity contribution is -0.131. The Hall–Kier alpha value is -1.65. The average Bonchev–Trinajstić information content (AvgIpc) is 2.50. The van der Waals surface area contributed by atoms with Gasteiger partial charge >= 0.3 is 0 Å². The third kappa shape index (κ3) is 3.93. The molecule has 4 nitrogen and oxygen atoms in total. The highest BCUT2D eigenvalue weighted by Crippen LogP contribution is 2.30. The molecule has 3 atom stereocenters. The molecule has 0 radical (unpaired) electrons. The molecule has 1 aliphatic rings. The highest BCUT2D eigenvalue weighted by atomic mass is 16.5. The minimum absolute atomic E-state index is 0.00889. The number of hydrogen-bond donors (Lipinski definition) is 1. The van der Waals surface area contributed by atoms with Gasteiger partial charge in [0.15, 0.2) is 0 Å². The summed E-state index contributed by atoms with van der Waals surface area (Å²) in [5, 5.41) is 2.84. The van der Waals surface area contributed by atoms with E-state index in [0.717, 1.165) is 5.56 Å². The average molecular weight is 288 g/mol. The molecule has 1 fully saturated rings. The Morgan fingerprint density at radius 3 is 2.81 bits per heavy atom. The van der Waals surface area contributed by atoms with E-state index in [0.29, 0.717) is 19.7 Å². The number of carbonyl (C=O) groups excluding carboxylic acids is 1. The quantitative estimate of drug-likeness (QED) is 0.844. The maximum atomic E-state index is 12.0. The fourth-order valence-electron chi connectivity index (χ4n) is 2.78. The molecular weight excluding hydrogens is 264 g/mol. The van der Waals surface area contributed by atoms with Gasteiger partial charge < -0.3 is 10.1 Å². The third-order valence-electron chi connectivity index (χ3n) is 3.94. The first-order valence-electron chi connectivity index (χ1n) is 7.43. The van der Waals surface area contributed by atoms with Crippen LogP contribution in [-0.2, 0) is 9.53 Å². The summed E-state index contributed by atoms with van der Waals surface area (Å²) in [6, 6.07) is 10.6. The molecule has 1 saturated heterocycles. The molecule has 2 rings (SSSR count). The predicted octanol–water partition coefficient (Wildman–Crippen LogP) is 2.14. The second-order valence-corrected chi connectivity index (χ2v) is 5.52. The highest BCUT2D eigenvalue weighted by molar-refractivity contribution is 5.78. The van der Waals surface area contributed by atoms with Crippen molar-refractivity contribution in [3.63, 3.8) is 0 Å². The van der Waals surface area contributed by atoms with Crippen LogP contribution in [0.1, 0.15) is 25.5 Å². The van der Waals surface area contributed by atoms with Crippen molar-refractivity contribution in [2.45, 2.75) is 32.0 Å². The number of rotatable bonds is 5. The first-order valence-corrected chi connectivity index (χ1v) is 7.43. The summed E-state index contributed by atoms with van der Waals surface area (Å²) in [5.74, 6) is 0.0299. The molecule has 1 aromatic carbocycles. The van der Waals surface area contributed by atoms with Crippen LogP contribution in [0.4, 0.5) is 0 Å². The van der Waals surface area contributed by atoms with Crippen LogP contribution in [0.15, 0.2) is 43.0 Å². The monoisotopic (exact) mass is 288 g/mol. The summed E-state index contributed by atoms with van der Waals surface area (Å²) in [5.41, 5.74) is 1.16. The van der Waals surface area contributed by atoms with Gasteiger partial charge in [0, 0.05) is 18.6 Å². The third-order valence-corrected chi connectivity index (χ3v) is 3.94. The minimum Gasteiger partial charge on any atom is -0.370 e. The number of morpholine rings is 1. The molecule has 0 bridgehead atoms. The van der Waals surface area contributed by atoms with E-state index in [9.17, 15) is 4.79 Å². The van der Waals surface area contributed by atoms with Crippen LogP contribution in [0.3, 0.4) is 0 Å². The smallest absolute Gasteiger partial charge is 0.234 e. The van der Waals surface area contributed by atoms with E-state index in [2.05, 4.69) is 42.8 Å². The maximum Gasteiger partial charge on any atom is 0.234 e. The maximum absolute atomic E-state index is 12.0. The fourth-order valence-corrected chi connectivity index (χ4v) is 2.78. The van der Waals surface area contributed by atoms with E-state index in [1.165, 1.54) is 0 Å². The van der Waals surface area contributed by atoms with Crippen molar-refractivity contribution in [3.8, 4) is 0 Å². The molecule has 114 valence electrons. The summed E-state index contributed by atoms with van der Waals surface area (Å²) >= 11 is 0. The molecule has 3 unspecified atom stereocenters. The zero-order valence-electron chi connectivity index (χ0n) is 12.8. The molecule has 4 heteroatoms. The van der Waals surface area contributed by atoms with Crippen molar-refractivity contribution in [2.24, 2.45) is 0 Å². The van der Waals surface area contributed by atoms with Gasteiger partial charge in [-0.15, -0.1) is 6.58 Å². The van der Waals surface area contributed by atoms with Gasteiger partial charge in [0.2, 0.25) is 5.91 Å². The number of hydrogen-bond acceptors (Lipinski definition) is 3. The van der Waals surface area contributed by atoms with Gasteiger partial charge in [-0.05, 0) is 19.4 Å². The van der Waals surface area contributed by atoms with Gasteiger partial charge in [0.05, 0.1) is 19.3 Å². The Morgan fingerprint density at radius 1 is 1.43 bits per heavy atom. The number of ether oxygens (including phenoxy) is 1. The van der Waals surface area contributed by atoms with E-state index in [1.54, 1.807) is 6.08 Å². The van der Waals surface area contributed by atoms with Gasteiger partial charge in [-0.25, -0.2) is 0 Å². The first kappa shape index (κ1) is 15.7. The SMILES string of the molecule is C=CCNC(=O)CN1C(C)COC(c2ccccc2)C1C. The molecular formula is C17H24N2O2. The second kappa shape index (κ2) is 7.38. The van der Waals surface area contributed by atoms with E-state index >= 15 is 0 Å². The van der Waals surface area contributed by atoms with Crippen LogP contribution >= 0.6 is 0 Å². The van der Waals surface area contributed by atoms with Gasteiger partial charge in [-0.2, -0.15) is 0 Å². The summed E-state index contributed by atoms with van der Waals surface area (Å²) < 4.78 is 5.99. The van der Waals surface area contributed by atoms with Crippen molar-refractivity contribution < 1.29 is 9.53 Å². The lowest BCUT2D eigenvalue weighted by atomic mass is 9.98. The molecule has 0 aliphatic carbocycles. The molecule has 1 amide bonds. The molecule has 21 heavy (non-hydrogen) atoms. The number of amides is 1. The standard InChI is InChI=1S/C17H24N2O2/c1-4-10-18-16(20)11-19-13(2)12-21-17(14(19)3)15-8-6-5-7-9-15/h4-9,13-14,17H,1,10-12H2,2-3H3,(H,18,20). The van der Waals surface area contributed by atoms with Crippen molar-refractivity contribution in [1.29, 1.82) is 0 Å². The zero-order valence-corrected chi connectivity index (χ0v) is 12.8. The Balaban J connectivity index is 2.05. The molecule has 1 heterocycles. The topological polar surface area (TPSA) is 41.6 Å². The van der Waals surface area contributed by atoms with Gasteiger partial charge in [-0.1, -0.05) is 36.4 Å². The Bertz CT molecular complexity index is 475. The molecule has 1 aromatic rings. The normalized spacial score (nSPS) is 26.3. The van der Waals surface area contributed by atoms with E-state index in [1.807, 2.05) is 18.2 Å². The van der Waals surface area contributed by atoms with Crippen LogP contribution in [0.5, 0.6) is 0 Å². The molecule has 0 aromatic heterocycles. The molecule has 0 spiro atoms. The van der Waals surface area contributed by atoms with Crippen LogP contribution in [0, 0.1) is 0 Å². The lowest BCUT2D eigenvalue weighted by Gasteiger charge is -2.43.